The summed E-state index contributed by atoms with van der Waals surface area (Å²) in [7, 11) is 0. The van der Waals surface area contributed by atoms with Gasteiger partial charge in [-0.05, 0) is 45.9 Å². The summed E-state index contributed by atoms with van der Waals surface area (Å²) in [6.07, 6.45) is 0. The smallest absolute Gasteiger partial charge is 0.315 e. The molecule has 0 bridgehead atoms. The Hall–Kier alpha value is -2.25. The summed E-state index contributed by atoms with van der Waals surface area (Å²) in [5.74, 6) is 0.292. The molecule has 31 heavy (non-hydrogen) atoms. The zero-order valence-electron chi connectivity index (χ0n) is 19.1. The summed E-state index contributed by atoms with van der Waals surface area (Å²) in [6.45, 7) is 14.3. The van der Waals surface area contributed by atoms with Gasteiger partial charge in [0, 0.05) is 23.7 Å². The van der Waals surface area contributed by atoms with Gasteiger partial charge in [0.2, 0.25) is 5.91 Å². The average Bonchev–Trinajstić information content (AvgIpc) is 3.07. The molecular formula is C22H31Cl2N5O2. The van der Waals surface area contributed by atoms with Crippen molar-refractivity contribution in [3.63, 3.8) is 0 Å². The molecule has 0 aliphatic heterocycles. The number of halogens is 2. The number of rotatable bonds is 5. The van der Waals surface area contributed by atoms with E-state index in [9.17, 15) is 9.59 Å². The van der Waals surface area contributed by atoms with Gasteiger partial charge in [-0.25, -0.2) is 9.48 Å². The van der Waals surface area contributed by atoms with Gasteiger partial charge in [0.15, 0.2) is 0 Å². The molecule has 0 saturated carbocycles. The average molecular weight is 468 g/mol. The molecule has 1 aromatic carbocycles. The predicted octanol–water partition coefficient (Wildman–Crippen LogP) is 5.73. The van der Waals surface area contributed by atoms with E-state index < -0.39 is 6.03 Å². The van der Waals surface area contributed by atoms with Crippen molar-refractivity contribution in [3.05, 3.63) is 40.0 Å². The first kappa shape index (κ1) is 25.0. The molecule has 170 valence electrons. The van der Waals surface area contributed by atoms with Crippen molar-refractivity contribution in [3.8, 4) is 0 Å². The van der Waals surface area contributed by atoms with Crippen LogP contribution in [0.3, 0.4) is 0 Å². The number of carbonyl (C=O) groups is 2. The molecule has 0 aliphatic carbocycles. The lowest BCUT2D eigenvalue weighted by Crippen LogP contribution is -2.41. The second-order valence-electron chi connectivity index (χ2n) is 9.37. The number of nitrogens with zero attached hydrogens (tertiary/aromatic N) is 3. The van der Waals surface area contributed by atoms with Crippen LogP contribution in [0.2, 0.25) is 10.0 Å². The molecular weight excluding hydrogens is 437 g/mol. The second kappa shape index (κ2) is 9.49. The van der Waals surface area contributed by atoms with Gasteiger partial charge in [0.05, 0.1) is 21.3 Å². The second-order valence-corrected chi connectivity index (χ2v) is 10.2. The van der Waals surface area contributed by atoms with Crippen LogP contribution in [0.5, 0.6) is 0 Å². The molecule has 2 rings (SSSR count). The lowest BCUT2D eigenvalue weighted by Gasteiger charge is -2.24. The molecule has 0 spiro atoms. The van der Waals surface area contributed by atoms with Crippen LogP contribution in [0, 0.1) is 0 Å². The molecule has 3 amide bonds. The zero-order chi connectivity index (χ0) is 23.6. The van der Waals surface area contributed by atoms with Gasteiger partial charge in [-0.1, -0.05) is 44.0 Å². The van der Waals surface area contributed by atoms with E-state index in [0.717, 1.165) is 5.69 Å². The van der Waals surface area contributed by atoms with Crippen molar-refractivity contribution in [1.29, 1.82) is 0 Å². The Morgan fingerprint density at radius 1 is 1.03 bits per heavy atom. The molecule has 1 aromatic heterocycles. The van der Waals surface area contributed by atoms with Crippen LogP contribution < -0.4 is 10.6 Å². The number of anilines is 2. The maximum atomic E-state index is 12.8. The molecule has 1 heterocycles. The number of aromatic nitrogens is 2. The number of benzene rings is 1. The summed E-state index contributed by atoms with van der Waals surface area (Å²) in [5, 5.41) is 11.1. The SMILES string of the molecule is CCN(CC(=O)Nc1cc(C(C)(C)C)nn1C(C)(C)C)C(=O)Nc1ccc(Cl)c(Cl)c1. The van der Waals surface area contributed by atoms with Gasteiger partial charge >= 0.3 is 6.03 Å². The minimum Gasteiger partial charge on any atom is -0.315 e. The summed E-state index contributed by atoms with van der Waals surface area (Å²) < 4.78 is 1.80. The van der Waals surface area contributed by atoms with Crippen LogP contribution in [-0.2, 0) is 15.7 Å². The van der Waals surface area contributed by atoms with Crippen molar-refractivity contribution in [2.75, 3.05) is 23.7 Å². The fourth-order valence-electron chi connectivity index (χ4n) is 2.81. The van der Waals surface area contributed by atoms with Crippen molar-refractivity contribution in [2.45, 2.75) is 59.4 Å². The largest absolute Gasteiger partial charge is 0.322 e. The topological polar surface area (TPSA) is 79.3 Å². The normalized spacial score (nSPS) is 11.9. The molecule has 2 N–H and O–H groups in total. The fraction of sp³-hybridized carbons (Fsp3) is 0.500. The number of carbonyl (C=O) groups excluding carboxylic acids is 2. The molecule has 0 saturated heterocycles. The maximum Gasteiger partial charge on any atom is 0.322 e. The van der Waals surface area contributed by atoms with Gasteiger partial charge in [0.25, 0.3) is 0 Å². The van der Waals surface area contributed by atoms with Crippen LogP contribution in [0.15, 0.2) is 24.3 Å². The van der Waals surface area contributed by atoms with Crippen LogP contribution in [0.4, 0.5) is 16.3 Å². The zero-order valence-corrected chi connectivity index (χ0v) is 20.6. The number of amides is 3. The monoisotopic (exact) mass is 467 g/mol. The Morgan fingerprint density at radius 2 is 1.68 bits per heavy atom. The number of nitrogens with one attached hydrogen (secondary N) is 2. The maximum absolute atomic E-state index is 12.8. The Balaban J connectivity index is 2.13. The first-order valence-corrected chi connectivity index (χ1v) is 10.9. The van der Waals surface area contributed by atoms with Crippen molar-refractivity contribution < 1.29 is 9.59 Å². The van der Waals surface area contributed by atoms with E-state index in [2.05, 4.69) is 31.4 Å². The highest BCUT2D eigenvalue weighted by Gasteiger charge is 2.26. The predicted molar refractivity (Wildman–Crippen MR) is 127 cm³/mol. The van der Waals surface area contributed by atoms with Gasteiger partial charge < -0.3 is 15.5 Å². The van der Waals surface area contributed by atoms with E-state index >= 15 is 0 Å². The highest BCUT2D eigenvalue weighted by molar-refractivity contribution is 6.42. The molecule has 0 atom stereocenters. The van der Waals surface area contributed by atoms with E-state index in [-0.39, 0.29) is 23.4 Å². The molecule has 9 heteroatoms. The van der Waals surface area contributed by atoms with Crippen molar-refractivity contribution in [2.24, 2.45) is 0 Å². The van der Waals surface area contributed by atoms with Gasteiger partial charge in [-0.2, -0.15) is 5.10 Å². The number of hydrogen-bond donors (Lipinski definition) is 2. The molecule has 0 radical (unpaired) electrons. The van der Waals surface area contributed by atoms with Gasteiger partial charge in [0.1, 0.15) is 12.4 Å². The van der Waals surface area contributed by atoms with Crippen LogP contribution in [-0.4, -0.2) is 39.7 Å². The molecule has 0 unspecified atom stereocenters. The van der Waals surface area contributed by atoms with E-state index in [1.807, 2.05) is 26.8 Å². The molecule has 7 nitrogen and oxygen atoms in total. The van der Waals surface area contributed by atoms with Crippen LogP contribution in [0.1, 0.15) is 54.2 Å². The molecule has 0 aliphatic rings. The minimum atomic E-state index is -0.407. The van der Waals surface area contributed by atoms with E-state index in [4.69, 9.17) is 28.3 Å². The summed E-state index contributed by atoms with van der Waals surface area (Å²) in [4.78, 5) is 26.8. The lowest BCUT2D eigenvalue weighted by atomic mass is 9.92. The van der Waals surface area contributed by atoms with Gasteiger partial charge in [-0.3, -0.25) is 4.79 Å². The summed E-state index contributed by atoms with van der Waals surface area (Å²) >= 11 is 11.9. The van der Waals surface area contributed by atoms with Crippen LogP contribution >= 0.6 is 23.2 Å². The Labute approximate surface area is 194 Å². The van der Waals surface area contributed by atoms with Crippen molar-refractivity contribution >= 4 is 46.6 Å². The summed E-state index contributed by atoms with van der Waals surface area (Å²) in [5.41, 5.74) is 0.897. The Morgan fingerprint density at radius 3 is 2.19 bits per heavy atom. The first-order chi connectivity index (χ1) is 14.2. The Bertz CT molecular complexity index is 958. The lowest BCUT2D eigenvalue weighted by molar-refractivity contribution is -0.116. The highest BCUT2D eigenvalue weighted by atomic mass is 35.5. The van der Waals surface area contributed by atoms with E-state index in [0.29, 0.717) is 28.1 Å². The van der Waals surface area contributed by atoms with Gasteiger partial charge in [-0.15, -0.1) is 0 Å². The number of hydrogen-bond acceptors (Lipinski definition) is 3. The first-order valence-electron chi connectivity index (χ1n) is 10.1. The number of urea groups is 1. The Kier molecular flexibility index (Phi) is 7.66. The molecule has 0 fully saturated rings. The minimum absolute atomic E-state index is 0.107. The quantitative estimate of drug-likeness (QED) is 0.588. The highest BCUT2D eigenvalue weighted by Crippen LogP contribution is 2.28. The molecule has 2 aromatic rings. The third-order valence-electron chi connectivity index (χ3n) is 4.55. The van der Waals surface area contributed by atoms with E-state index in [1.54, 1.807) is 29.8 Å². The summed E-state index contributed by atoms with van der Waals surface area (Å²) in [6, 6.07) is 6.29. The van der Waals surface area contributed by atoms with Crippen molar-refractivity contribution in [1.82, 2.24) is 14.7 Å². The third-order valence-corrected chi connectivity index (χ3v) is 5.29. The fourth-order valence-corrected chi connectivity index (χ4v) is 3.11. The van der Waals surface area contributed by atoms with E-state index in [1.165, 1.54) is 4.90 Å². The number of likely N-dealkylation sites (N-methyl/N-ethyl adjacent to an activating group) is 1. The van der Waals surface area contributed by atoms with Crippen LogP contribution in [0.25, 0.3) is 0 Å². The standard InChI is InChI=1S/C22H31Cl2N5O2/c1-8-28(20(31)25-14-9-10-15(23)16(24)11-14)13-19(30)26-18-12-17(21(2,3)4)27-29(18)22(5,6)7/h9-12H,8,13H2,1-7H3,(H,25,31)(H,26,30). The third kappa shape index (κ3) is 6.61.